The number of benzene rings is 5. The molecule has 7 rings (SSSR count). The highest BCUT2D eigenvalue weighted by Crippen LogP contribution is 2.42. The molecule has 0 unspecified atom stereocenters. The molecule has 0 amide bonds. The van der Waals surface area contributed by atoms with Crippen LogP contribution in [0.4, 0.5) is 8.78 Å². The minimum atomic E-state index is -0.270. The maximum Gasteiger partial charge on any atom is 0.123 e. The smallest absolute Gasteiger partial charge is 0.123 e. The van der Waals surface area contributed by atoms with Gasteiger partial charge in [-0.1, -0.05) is 42.5 Å². The SMILES string of the molecule is Fc1ccc(C2=c3c(cc4ccc5c6c(ccc3c46)CC5)-c3ccc(F)cc32)cc1. The Morgan fingerprint density at radius 1 is 0.567 bits per heavy atom. The fourth-order valence-electron chi connectivity index (χ4n) is 5.55. The first kappa shape index (κ1) is 16.3. The quantitative estimate of drug-likeness (QED) is 0.308. The Morgan fingerprint density at radius 2 is 1.30 bits per heavy atom. The largest absolute Gasteiger partial charge is 0.207 e. The highest BCUT2D eigenvalue weighted by Gasteiger charge is 2.26. The highest BCUT2D eigenvalue weighted by atomic mass is 19.1. The Morgan fingerprint density at radius 3 is 2.10 bits per heavy atom. The summed E-state index contributed by atoms with van der Waals surface area (Å²) in [5, 5.41) is 6.23. The Bertz CT molecular complexity index is 1580. The molecule has 0 fully saturated rings. The second kappa shape index (κ2) is 5.54. The van der Waals surface area contributed by atoms with E-state index in [-0.39, 0.29) is 11.6 Å². The molecule has 2 aliphatic rings. The summed E-state index contributed by atoms with van der Waals surface area (Å²) < 4.78 is 28.0. The average Bonchev–Trinajstić information content (AvgIpc) is 3.32. The number of aryl methyl sites for hydroxylation is 2. The molecule has 0 aliphatic heterocycles. The van der Waals surface area contributed by atoms with Crippen molar-refractivity contribution in [1.82, 2.24) is 0 Å². The minimum absolute atomic E-state index is 0.258. The highest BCUT2D eigenvalue weighted by molar-refractivity contribution is 6.17. The molecule has 0 atom stereocenters. The molecular formula is C28H16F2. The van der Waals surface area contributed by atoms with Crippen LogP contribution in [0.3, 0.4) is 0 Å². The molecule has 5 aromatic carbocycles. The summed E-state index contributed by atoms with van der Waals surface area (Å²) in [6, 6.07) is 22.8. The lowest BCUT2D eigenvalue weighted by Crippen LogP contribution is -2.08. The summed E-state index contributed by atoms with van der Waals surface area (Å²) in [6.07, 6.45) is 2.17. The molecule has 0 aromatic heterocycles. The fraction of sp³-hybridized carbons (Fsp3) is 0.0714. The van der Waals surface area contributed by atoms with Gasteiger partial charge in [0.25, 0.3) is 0 Å². The predicted octanol–water partition coefficient (Wildman–Crippen LogP) is 6.32. The van der Waals surface area contributed by atoms with E-state index < -0.39 is 0 Å². The molecule has 30 heavy (non-hydrogen) atoms. The molecular weight excluding hydrogens is 374 g/mol. The first-order valence-electron chi connectivity index (χ1n) is 10.3. The van der Waals surface area contributed by atoms with Gasteiger partial charge in [-0.15, -0.1) is 0 Å². The molecule has 0 heterocycles. The zero-order chi connectivity index (χ0) is 20.0. The molecule has 142 valence electrons. The molecule has 0 N–H and O–H groups in total. The molecule has 0 saturated heterocycles. The third kappa shape index (κ3) is 1.98. The minimum Gasteiger partial charge on any atom is -0.207 e. The van der Waals surface area contributed by atoms with Gasteiger partial charge in [-0.25, -0.2) is 8.78 Å². The summed E-state index contributed by atoms with van der Waals surface area (Å²) in [5.74, 6) is -0.528. The van der Waals surface area contributed by atoms with Crippen molar-refractivity contribution in [2.45, 2.75) is 12.8 Å². The van der Waals surface area contributed by atoms with Crippen LogP contribution in [0.1, 0.15) is 22.3 Å². The second-order valence-corrected chi connectivity index (χ2v) is 8.34. The first-order valence-corrected chi connectivity index (χ1v) is 10.3. The van der Waals surface area contributed by atoms with Crippen LogP contribution in [0.15, 0.2) is 72.8 Å². The van der Waals surface area contributed by atoms with Crippen molar-refractivity contribution < 1.29 is 8.78 Å². The summed E-state index contributed by atoms with van der Waals surface area (Å²) >= 11 is 0. The summed E-state index contributed by atoms with van der Waals surface area (Å²) in [6.45, 7) is 0. The van der Waals surface area contributed by atoms with E-state index in [1.807, 2.05) is 6.07 Å². The zero-order valence-corrected chi connectivity index (χ0v) is 16.1. The van der Waals surface area contributed by atoms with Crippen LogP contribution in [0.25, 0.3) is 38.2 Å². The van der Waals surface area contributed by atoms with Crippen LogP contribution in [0, 0.1) is 11.6 Å². The van der Waals surface area contributed by atoms with Crippen molar-refractivity contribution in [1.29, 1.82) is 0 Å². The molecule has 0 saturated carbocycles. The first-order chi connectivity index (χ1) is 14.7. The molecule has 0 spiro atoms. The number of fused-ring (bicyclic) bond motifs is 4. The van der Waals surface area contributed by atoms with Crippen molar-refractivity contribution in [3.63, 3.8) is 0 Å². The van der Waals surface area contributed by atoms with E-state index >= 15 is 0 Å². The standard InChI is InChI=1S/C28H16F2/c29-19-8-5-17(6-9-19)26-24-14-20(30)10-12-21(24)23-13-18-4-3-15-1-2-16-7-11-22(28(23)26)27(18)25(15)16/h3-14H,1-2H2. The summed E-state index contributed by atoms with van der Waals surface area (Å²) in [5.41, 5.74) is 7.75. The molecule has 0 radical (unpaired) electrons. The molecule has 2 heteroatoms. The van der Waals surface area contributed by atoms with Gasteiger partial charge in [0.2, 0.25) is 0 Å². The van der Waals surface area contributed by atoms with Gasteiger partial charge in [0.15, 0.2) is 0 Å². The topological polar surface area (TPSA) is 0 Å². The Balaban J connectivity index is 1.74. The lowest BCUT2D eigenvalue weighted by Gasteiger charge is -2.11. The van der Waals surface area contributed by atoms with Crippen LogP contribution in [0.2, 0.25) is 0 Å². The van der Waals surface area contributed by atoms with E-state index in [1.165, 1.54) is 50.9 Å². The van der Waals surface area contributed by atoms with Crippen molar-refractivity contribution >= 4 is 27.1 Å². The number of halogens is 2. The lowest BCUT2D eigenvalue weighted by atomic mass is 9.92. The maximum atomic E-state index is 14.3. The van der Waals surface area contributed by atoms with Crippen LogP contribution >= 0.6 is 0 Å². The van der Waals surface area contributed by atoms with E-state index in [9.17, 15) is 8.78 Å². The van der Waals surface area contributed by atoms with E-state index in [0.717, 1.165) is 45.9 Å². The van der Waals surface area contributed by atoms with Crippen LogP contribution in [-0.4, -0.2) is 0 Å². The van der Waals surface area contributed by atoms with Crippen molar-refractivity contribution in [2.24, 2.45) is 0 Å². The van der Waals surface area contributed by atoms with Crippen molar-refractivity contribution in [3.05, 3.63) is 112 Å². The monoisotopic (exact) mass is 390 g/mol. The third-order valence-electron chi connectivity index (χ3n) is 6.79. The number of hydrogen-bond donors (Lipinski definition) is 0. The van der Waals surface area contributed by atoms with Crippen molar-refractivity contribution in [2.75, 3.05) is 0 Å². The molecule has 2 aliphatic carbocycles. The average molecular weight is 390 g/mol. The lowest BCUT2D eigenvalue weighted by molar-refractivity contribution is 0.627. The maximum absolute atomic E-state index is 14.3. The Hall–Kier alpha value is -3.52. The number of hydrogen-bond acceptors (Lipinski definition) is 0. The van der Waals surface area contributed by atoms with E-state index in [2.05, 4.69) is 30.3 Å². The second-order valence-electron chi connectivity index (χ2n) is 8.34. The van der Waals surface area contributed by atoms with Gasteiger partial charge in [0.1, 0.15) is 11.6 Å². The third-order valence-corrected chi connectivity index (χ3v) is 6.79. The summed E-state index contributed by atoms with van der Waals surface area (Å²) in [7, 11) is 0. The van der Waals surface area contributed by atoms with Gasteiger partial charge in [0, 0.05) is 0 Å². The molecule has 5 aromatic rings. The van der Waals surface area contributed by atoms with Gasteiger partial charge in [-0.05, 0) is 109 Å². The van der Waals surface area contributed by atoms with Crippen LogP contribution in [-0.2, 0) is 12.8 Å². The summed E-state index contributed by atoms with van der Waals surface area (Å²) in [4.78, 5) is 0. The Labute approximate surface area is 172 Å². The fourth-order valence-corrected chi connectivity index (χ4v) is 5.55. The van der Waals surface area contributed by atoms with Gasteiger partial charge in [-0.2, -0.15) is 0 Å². The Kier molecular flexibility index (Phi) is 3.01. The van der Waals surface area contributed by atoms with Crippen LogP contribution < -0.4 is 5.22 Å². The molecule has 0 nitrogen and oxygen atoms in total. The van der Waals surface area contributed by atoms with E-state index in [1.54, 1.807) is 18.2 Å². The van der Waals surface area contributed by atoms with Crippen LogP contribution in [0.5, 0.6) is 0 Å². The van der Waals surface area contributed by atoms with Gasteiger partial charge >= 0.3 is 0 Å². The van der Waals surface area contributed by atoms with E-state index in [4.69, 9.17) is 0 Å². The predicted molar refractivity (Wildman–Crippen MR) is 117 cm³/mol. The van der Waals surface area contributed by atoms with Gasteiger partial charge in [0.05, 0.1) is 0 Å². The van der Waals surface area contributed by atoms with Gasteiger partial charge < -0.3 is 0 Å². The zero-order valence-electron chi connectivity index (χ0n) is 16.1. The van der Waals surface area contributed by atoms with Gasteiger partial charge in [-0.3, -0.25) is 0 Å². The van der Waals surface area contributed by atoms with E-state index in [0.29, 0.717) is 0 Å². The van der Waals surface area contributed by atoms with Crippen molar-refractivity contribution in [3.8, 4) is 11.1 Å². The molecule has 0 bridgehead atoms. The normalized spacial score (nSPS) is 14.0. The number of rotatable bonds is 1.